The molecule has 0 nitrogen and oxygen atoms in total. The Morgan fingerprint density at radius 2 is 1.15 bits per heavy atom. The molecule has 0 amide bonds. The van der Waals surface area contributed by atoms with Crippen molar-refractivity contribution in [3.63, 3.8) is 0 Å². The molecule has 1 aromatic heterocycles. The van der Waals surface area contributed by atoms with E-state index in [1.54, 1.807) is 8.52 Å². The number of fused-ring (bicyclic) bond motifs is 3. The summed E-state index contributed by atoms with van der Waals surface area (Å²) in [6.45, 7) is 0. The molecule has 1 unspecified atom stereocenters. The van der Waals surface area contributed by atoms with Crippen molar-refractivity contribution in [1.82, 2.24) is 0 Å². The monoisotopic (exact) mass is 515 g/mol. The zero-order valence-electron chi connectivity index (χ0n) is 14.1. The SMILES string of the molecule is c1ccc([Te]c2ccc3c(c2)c2ccccc2[se+]3-c2ccccc2)cc1. The second-order valence-corrected chi connectivity index (χ2v) is 13.6. The van der Waals surface area contributed by atoms with Gasteiger partial charge in [0.1, 0.15) is 0 Å². The number of rotatable bonds is 3. The van der Waals surface area contributed by atoms with Crippen molar-refractivity contribution in [2.75, 3.05) is 0 Å². The molecule has 26 heavy (non-hydrogen) atoms. The molecule has 0 saturated carbocycles. The number of benzene rings is 4. The first-order valence-electron chi connectivity index (χ1n) is 8.66. The molecule has 0 N–H and O–H groups in total. The summed E-state index contributed by atoms with van der Waals surface area (Å²) in [5, 5.41) is 2.94. The van der Waals surface area contributed by atoms with Gasteiger partial charge in [0, 0.05) is 0 Å². The van der Waals surface area contributed by atoms with Gasteiger partial charge >= 0.3 is 168 Å². The minimum atomic E-state index is -1.16. The fourth-order valence-electron chi connectivity index (χ4n) is 3.38. The molecule has 0 spiro atoms. The number of hydrogen-bond acceptors (Lipinski definition) is 0. The molecule has 0 aliphatic carbocycles. The topological polar surface area (TPSA) is 0 Å². The molecule has 0 bridgehead atoms. The summed E-state index contributed by atoms with van der Waals surface area (Å²) in [5.74, 6) is 0. The molecule has 1 heterocycles. The summed E-state index contributed by atoms with van der Waals surface area (Å²) in [5.41, 5.74) is 0. The first kappa shape index (κ1) is 16.4. The molecule has 0 fully saturated rings. The molecule has 4 aromatic carbocycles. The Morgan fingerprint density at radius 1 is 0.500 bits per heavy atom. The van der Waals surface area contributed by atoms with Crippen LogP contribution in [-0.4, -0.2) is 34.4 Å². The van der Waals surface area contributed by atoms with E-state index in [0.29, 0.717) is 0 Å². The van der Waals surface area contributed by atoms with Gasteiger partial charge in [-0.05, 0) is 0 Å². The van der Waals surface area contributed by atoms with Gasteiger partial charge in [0.05, 0.1) is 0 Å². The van der Waals surface area contributed by atoms with Crippen molar-refractivity contribution >= 4 is 60.9 Å². The molecule has 0 saturated heterocycles. The first-order valence-corrected chi connectivity index (χ1v) is 13.6. The van der Waals surface area contributed by atoms with Crippen LogP contribution in [0.4, 0.5) is 0 Å². The summed E-state index contributed by atoms with van der Waals surface area (Å²) in [4.78, 5) is 0. The first-order chi connectivity index (χ1) is 12.9. The van der Waals surface area contributed by atoms with Crippen molar-refractivity contribution in [3.05, 3.63) is 103 Å². The van der Waals surface area contributed by atoms with Gasteiger partial charge in [0.15, 0.2) is 0 Å². The molecular weight excluding hydrogens is 495 g/mol. The third-order valence-electron chi connectivity index (χ3n) is 4.53. The van der Waals surface area contributed by atoms with E-state index in [9.17, 15) is 0 Å². The second-order valence-electron chi connectivity index (χ2n) is 6.19. The molecular formula is C24H17SeTe+. The second kappa shape index (κ2) is 7.07. The normalized spacial score (nSPS) is 11.9. The van der Waals surface area contributed by atoms with Crippen LogP contribution in [-0.2, 0) is 0 Å². The zero-order chi connectivity index (χ0) is 17.3. The predicted octanol–water partition coefficient (Wildman–Crippen LogP) is 4.38. The van der Waals surface area contributed by atoms with Crippen molar-refractivity contribution in [2.45, 2.75) is 0 Å². The van der Waals surface area contributed by atoms with Crippen molar-refractivity contribution in [3.8, 4) is 4.46 Å². The van der Waals surface area contributed by atoms with E-state index in [4.69, 9.17) is 0 Å². The Balaban J connectivity index is 1.73. The van der Waals surface area contributed by atoms with Gasteiger partial charge in [-0.25, -0.2) is 0 Å². The molecule has 1 atom stereocenters. The fraction of sp³-hybridized carbons (Fsp3) is 0. The summed E-state index contributed by atoms with van der Waals surface area (Å²) >= 11 is -1.49. The van der Waals surface area contributed by atoms with E-state index >= 15 is 0 Å². The third kappa shape index (κ3) is 2.94. The molecule has 2 heteroatoms. The third-order valence-corrected chi connectivity index (χ3v) is 12.3. The average Bonchev–Trinajstić information content (AvgIpc) is 3.03. The van der Waals surface area contributed by atoms with Gasteiger partial charge in [0.2, 0.25) is 0 Å². The molecule has 0 aliphatic heterocycles. The van der Waals surface area contributed by atoms with Gasteiger partial charge in [-0.3, -0.25) is 0 Å². The summed E-state index contributed by atoms with van der Waals surface area (Å²) in [6, 6.07) is 38.4. The number of hydrogen-bond donors (Lipinski definition) is 0. The summed E-state index contributed by atoms with van der Waals surface area (Å²) in [7, 11) is 0. The van der Waals surface area contributed by atoms with E-state index in [-0.39, 0.29) is 20.9 Å². The maximum absolute atomic E-state index is 2.48. The Kier molecular flexibility index (Phi) is 4.45. The molecule has 0 aliphatic rings. The molecule has 0 radical (unpaired) electrons. The molecule has 5 aromatic rings. The molecule has 5 rings (SSSR count). The quantitative estimate of drug-likeness (QED) is 0.315. The Labute approximate surface area is 167 Å². The average molecular weight is 512 g/mol. The van der Waals surface area contributed by atoms with E-state index in [1.807, 2.05) is 0 Å². The Morgan fingerprint density at radius 3 is 1.96 bits per heavy atom. The Bertz CT molecular complexity index is 1190. The van der Waals surface area contributed by atoms with Crippen LogP contribution >= 0.6 is 0 Å². The van der Waals surface area contributed by atoms with Gasteiger partial charge in [-0.15, -0.1) is 0 Å². The van der Waals surface area contributed by atoms with E-state index < -0.39 is 13.4 Å². The summed E-state index contributed by atoms with van der Waals surface area (Å²) < 4.78 is 7.66. The summed E-state index contributed by atoms with van der Waals surface area (Å²) in [6.07, 6.45) is 0. The van der Waals surface area contributed by atoms with E-state index in [0.717, 1.165) is 0 Å². The van der Waals surface area contributed by atoms with E-state index in [2.05, 4.69) is 103 Å². The van der Waals surface area contributed by atoms with Crippen molar-refractivity contribution in [1.29, 1.82) is 0 Å². The van der Waals surface area contributed by atoms with Gasteiger partial charge in [-0.2, -0.15) is 0 Å². The van der Waals surface area contributed by atoms with Crippen LogP contribution in [0, 0.1) is 0 Å². The van der Waals surface area contributed by atoms with Crippen LogP contribution in [0.1, 0.15) is 0 Å². The minimum absolute atomic E-state index is 0.329. The molecule has 124 valence electrons. The van der Waals surface area contributed by atoms with Crippen molar-refractivity contribution in [2.24, 2.45) is 0 Å². The maximum atomic E-state index is 2.48. The van der Waals surface area contributed by atoms with Crippen molar-refractivity contribution < 1.29 is 0 Å². The standard InChI is InChI=1S/C24H17SeTe/c1-3-9-18(10-4-1)25-23-14-8-7-13-21(23)22-17-20(15-16-24(22)25)26-19-11-5-2-6-12-19/h1-17H/q+1. The van der Waals surface area contributed by atoms with Crippen LogP contribution in [0.5, 0.6) is 0 Å². The van der Waals surface area contributed by atoms with Gasteiger partial charge in [-0.1, -0.05) is 0 Å². The van der Waals surface area contributed by atoms with Crippen LogP contribution in [0.2, 0.25) is 0 Å². The predicted molar refractivity (Wildman–Crippen MR) is 116 cm³/mol. The van der Waals surface area contributed by atoms with Crippen LogP contribution < -0.4 is 7.22 Å². The fourth-order valence-corrected chi connectivity index (χ4v) is 10.9. The van der Waals surface area contributed by atoms with Gasteiger partial charge < -0.3 is 0 Å². The van der Waals surface area contributed by atoms with Crippen LogP contribution in [0.3, 0.4) is 0 Å². The van der Waals surface area contributed by atoms with Gasteiger partial charge in [0.25, 0.3) is 0 Å². The Hall–Kier alpha value is -1.81. The van der Waals surface area contributed by atoms with Crippen LogP contribution in [0.25, 0.3) is 23.8 Å². The van der Waals surface area contributed by atoms with Crippen LogP contribution in [0.15, 0.2) is 103 Å². The van der Waals surface area contributed by atoms with E-state index in [1.165, 1.54) is 22.5 Å². The zero-order valence-corrected chi connectivity index (χ0v) is 18.2.